The molecule has 1 atom stereocenters. The zero-order valence-electron chi connectivity index (χ0n) is 6.93. The van der Waals surface area contributed by atoms with Gasteiger partial charge in [-0.3, -0.25) is 4.57 Å². The Morgan fingerprint density at radius 1 is 1.23 bits per heavy atom. The molecule has 0 radical (unpaired) electrons. The maximum atomic E-state index is 10.2. The van der Waals surface area contributed by atoms with E-state index in [4.69, 9.17) is 10.00 Å². The zero-order chi connectivity index (χ0) is 9.68. The summed E-state index contributed by atoms with van der Waals surface area (Å²) in [5, 5.41) is 8.73. The molecule has 1 aromatic rings. The molecule has 0 aliphatic rings. The summed E-state index contributed by atoms with van der Waals surface area (Å²) in [5.41, 5.74) is 1.62. The van der Waals surface area contributed by atoms with E-state index in [9.17, 15) is 4.57 Å². The summed E-state index contributed by atoms with van der Waals surface area (Å²) >= 11 is 0. The molecule has 13 heavy (non-hydrogen) atoms. The number of rotatable bonds is 4. The molecule has 0 heterocycles. The van der Waals surface area contributed by atoms with Gasteiger partial charge in [0.25, 0.3) is 0 Å². The predicted octanol–water partition coefficient (Wildman–Crippen LogP) is 1.08. The first-order valence-corrected chi connectivity index (χ1v) is 5.03. The first-order valence-electron chi connectivity index (χ1n) is 3.77. The highest BCUT2D eigenvalue weighted by molar-refractivity contribution is 7.32. The van der Waals surface area contributed by atoms with Crippen molar-refractivity contribution in [3.05, 3.63) is 35.4 Å². The smallest absolute Gasteiger partial charge is 0.316 e. The third-order valence-corrected chi connectivity index (χ3v) is 1.96. The minimum atomic E-state index is -2.85. The lowest BCUT2D eigenvalue weighted by molar-refractivity contribution is 0.271. The van der Waals surface area contributed by atoms with Gasteiger partial charge in [-0.1, -0.05) is 24.3 Å². The van der Waals surface area contributed by atoms with Gasteiger partial charge in [0.1, 0.15) is 0 Å². The van der Waals surface area contributed by atoms with Gasteiger partial charge in [0.2, 0.25) is 0 Å². The molecule has 0 saturated heterocycles. The van der Waals surface area contributed by atoms with Crippen molar-refractivity contribution in [3.63, 3.8) is 0 Å². The highest BCUT2D eigenvalue weighted by Gasteiger charge is 1.96. The van der Waals surface area contributed by atoms with Gasteiger partial charge in [0.05, 0.1) is 13.2 Å². The maximum Gasteiger partial charge on any atom is 0.316 e. The average Bonchev–Trinajstić information content (AvgIpc) is 2.15. The van der Waals surface area contributed by atoms with Crippen LogP contribution < -0.4 is 0 Å². The van der Waals surface area contributed by atoms with Crippen LogP contribution in [-0.2, 0) is 22.3 Å². The van der Waals surface area contributed by atoms with Crippen molar-refractivity contribution in [1.82, 2.24) is 0 Å². The Balaban J connectivity index is 2.54. The summed E-state index contributed by atoms with van der Waals surface area (Å²) < 4.78 is 14.8. The van der Waals surface area contributed by atoms with Gasteiger partial charge >= 0.3 is 8.25 Å². The lowest BCUT2D eigenvalue weighted by Crippen LogP contribution is -1.87. The van der Waals surface area contributed by atoms with Crippen LogP contribution in [0.2, 0.25) is 0 Å². The van der Waals surface area contributed by atoms with Crippen molar-refractivity contribution < 1.29 is 19.1 Å². The van der Waals surface area contributed by atoms with Crippen molar-refractivity contribution in [2.24, 2.45) is 0 Å². The maximum absolute atomic E-state index is 10.2. The largest absolute Gasteiger partial charge is 0.392 e. The fourth-order valence-electron chi connectivity index (χ4n) is 0.886. The fraction of sp³-hybridized carbons (Fsp3) is 0.250. The van der Waals surface area contributed by atoms with E-state index in [1.165, 1.54) is 0 Å². The number of benzene rings is 1. The van der Waals surface area contributed by atoms with Gasteiger partial charge in [-0.2, -0.15) is 0 Å². The topological polar surface area (TPSA) is 66.8 Å². The Hall–Kier alpha value is -0.670. The molecule has 0 aliphatic heterocycles. The highest BCUT2D eigenvalue weighted by atomic mass is 31.1. The second-order valence-corrected chi connectivity index (χ2v) is 3.35. The van der Waals surface area contributed by atoms with Gasteiger partial charge in [0.15, 0.2) is 0 Å². The SMILES string of the molecule is O=[PH](O)OCc1ccc(CO)cc1. The Labute approximate surface area is 76.7 Å². The van der Waals surface area contributed by atoms with Crippen LogP contribution >= 0.6 is 8.25 Å². The summed E-state index contributed by atoms with van der Waals surface area (Å²) in [6.45, 7) is 0.123. The van der Waals surface area contributed by atoms with Crippen LogP contribution in [0.4, 0.5) is 0 Å². The molecule has 0 amide bonds. The molecule has 4 nitrogen and oxygen atoms in total. The molecule has 2 N–H and O–H groups in total. The molecule has 0 bridgehead atoms. The second-order valence-electron chi connectivity index (χ2n) is 2.53. The van der Waals surface area contributed by atoms with E-state index < -0.39 is 8.25 Å². The highest BCUT2D eigenvalue weighted by Crippen LogP contribution is 2.17. The lowest BCUT2D eigenvalue weighted by Gasteiger charge is -2.01. The van der Waals surface area contributed by atoms with Crippen LogP contribution in [0.15, 0.2) is 24.3 Å². The lowest BCUT2D eigenvalue weighted by atomic mass is 10.1. The van der Waals surface area contributed by atoms with Crippen molar-refractivity contribution in [3.8, 4) is 0 Å². The first kappa shape index (κ1) is 10.4. The molecule has 72 valence electrons. The third-order valence-electron chi connectivity index (χ3n) is 1.57. The average molecular weight is 202 g/mol. The molecule has 5 heteroatoms. The molecule has 0 fully saturated rings. The van der Waals surface area contributed by atoms with Gasteiger partial charge in [0, 0.05) is 0 Å². The monoisotopic (exact) mass is 202 g/mol. The van der Waals surface area contributed by atoms with E-state index in [0.29, 0.717) is 0 Å². The summed E-state index contributed by atoms with van der Waals surface area (Å²) in [6, 6.07) is 6.98. The normalized spacial score (nSPS) is 12.8. The first-order chi connectivity index (χ1) is 6.22. The van der Waals surface area contributed by atoms with E-state index in [2.05, 4.69) is 4.52 Å². The van der Waals surface area contributed by atoms with Crippen molar-refractivity contribution in [2.75, 3.05) is 0 Å². The molecular formula is C8H11O4P. The summed E-state index contributed by atoms with van der Waals surface area (Å²) in [5.74, 6) is 0. The molecule has 0 spiro atoms. The third kappa shape index (κ3) is 3.70. The Kier molecular flexibility index (Phi) is 4.12. The van der Waals surface area contributed by atoms with Gasteiger partial charge in [-0.25, -0.2) is 0 Å². The molecular weight excluding hydrogens is 191 g/mol. The molecule has 0 aliphatic carbocycles. The van der Waals surface area contributed by atoms with E-state index in [1.54, 1.807) is 24.3 Å². The summed E-state index contributed by atoms with van der Waals surface area (Å²) in [7, 11) is -2.85. The van der Waals surface area contributed by atoms with E-state index in [0.717, 1.165) is 11.1 Å². The van der Waals surface area contributed by atoms with Crippen molar-refractivity contribution in [1.29, 1.82) is 0 Å². The quantitative estimate of drug-likeness (QED) is 0.717. The summed E-state index contributed by atoms with van der Waals surface area (Å²) in [4.78, 5) is 8.40. The van der Waals surface area contributed by atoms with Crippen LogP contribution in [0.3, 0.4) is 0 Å². The van der Waals surface area contributed by atoms with Gasteiger partial charge in [-0.15, -0.1) is 0 Å². The Morgan fingerprint density at radius 3 is 2.23 bits per heavy atom. The van der Waals surface area contributed by atoms with Crippen molar-refractivity contribution in [2.45, 2.75) is 13.2 Å². The van der Waals surface area contributed by atoms with Crippen LogP contribution in [-0.4, -0.2) is 10.00 Å². The van der Waals surface area contributed by atoms with Gasteiger partial charge < -0.3 is 14.5 Å². The molecule has 0 saturated carbocycles. The van der Waals surface area contributed by atoms with E-state index >= 15 is 0 Å². The van der Waals surface area contributed by atoms with Crippen LogP contribution in [0.5, 0.6) is 0 Å². The number of hydrogen-bond donors (Lipinski definition) is 2. The number of hydrogen-bond acceptors (Lipinski definition) is 3. The molecule has 0 aromatic heterocycles. The van der Waals surface area contributed by atoms with Crippen LogP contribution in [0.25, 0.3) is 0 Å². The molecule has 1 aromatic carbocycles. The van der Waals surface area contributed by atoms with Crippen LogP contribution in [0.1, 0.15) is 11.1 Å². The van der Waals surface area contributed by atoms with E-state index in [1.807, 2.05) is 0 Å². The second kappa shape index (κ2) is 5.14. The number of aliphatic hydroxyl groups is 1. The minimum Gasteiger partial charge on any atom is -0.392 e. The van der Waals surface area contributed by atoms with Crippen LogP contribution in [0, 0.1) is 0 Å². The Morgan fingerprint density at radius 2 is 1.77 bits per heavy atom. The molecule has 1 rings (SSSR count). The Bertz CT molecular complexity index is 283. The fourth-order valence-corrected chi connectivity index (χ4v) is 1.18. The van der Waals surface area contributed by atoms with Gasteiger partial charge in [-0.05, 0) is 11.1 Å². The minimum absolute atomic E-state index is 0.00225. The standard InChI is InChI=1S/C8H11O4P/c9-5-7-1-3-8(4-2-7)6-12-13(10)11/h1-4,9,13H,5-6H2,(H,10,11). The van der Waals surface area contributed by atoms with Crippen molar-refractivity contribution >= 4 is 8.25 Å². The molecule has 1 unspecified atom stereocenters. The summed E-state index contributed by atoms with van der Waals surface area (Å²) in [6.07, 6.45) is 0. The number of aliphatic hydroxyl groups excluding tert-OH is 1. The van der Waals surface area contributed by atoms with E-state index in [-0.39, 0.29) is 13.2 Å². The predicted molar refractivity (Wildman–Crippen MR) is 48.4 cm³/mol. The zero-order valence-corrected chi connectivity index (χ0v) is 7.93.